The maximum atomic E-state index is 13.7. The van der Waals surface area contributed by atoms with Crippen LogP contribution in [0, 0.1) is 12.7 Å². The third kappa shape index (κ3) is 3.35. The molecule has 1 unspecified atom stereocenters. The molecule has 2 aromatic rings. The summed E-state index contributed by atoms with van der Waals surface area (Å²) in [5.41, 5.74) is 2.74. The van der Waals surface area contributed by atoms with E-state index in [1.807, 2.05) is 13.0 Å². The normalized spacial score (nSPS) is 24.1. The fourth-order valence-electron chi connectivity index (χ4n) is 3.96. The molecule has 0 saturated carbocycles. The lowest BCUT2D eigenvalue weighted by molar-refractivity contribution is 0.200. The van der Waals surface area contributed by atoms with Gasteiger partial charge in [0.25, 0.3) is 0 Å². The van der Waals surface area contributed by atoms with E-state index in [-0.39, 0.29) is 17.6 Å². The van der Waals surface area contributed by atoms with Crippen molar-refractivity contribution in [2.75, 3.05) is 42.6 Å². The third-order valence-electron chi connectivity index (χ3n) is 5.26. The molecule has 4 rings (SSSR count). The topological polar surface area (TPSA) is 53.5 Å². The number of fused-ring (bicyclic) bond motifs is 1. The summed E-state index contributed by atoms with van der Waals surface area (Å²) in [4.78, 5) is 9.05. The van der Waals surface area contributed by atoms with Crippen LogP contribution in [0.1, 0.15) is 12.1 Å². The van der Waals surface area contributed by atoms with Crippen LogP contribution in [-0.4, -0.2) is 62.0 Å². The summed E-state index contributed by atoms with van der Waals surface area (Å²) in [6, 6.07) is 6.88. The zero-order valence-electron chi connectivity index (χ0n) is 14.3. The van der Waals surface area contributed by atoms with Gasteiger partial charge in [-0.3, -0.25) is 9.88 Å². The molecular formula is C18H22FN3O2S. The second-order valence-corrected chi connectivity index (χ2v) is 9.25. The molecule has 3 heterocycles. The molecule has 1 aromatic carbocycles. The number of hydrogen-bond acceptors (Lipinski definition) is 5. The number of benzene rings is 1. The predicted octanol–water partition coefficient (Wildman–Crippen LogP) is 1.99. The minimum absolute atomic E-state index is 0.153. The van der Waals surface area contributed by atoms with Gasteiger partial charge in [-0.15, -0.1) is 0 Å². The standard InChI is InChI=1S/C18H22FN3O2S/c1-13-10-18(16-11-14(19)2-3-17(16)20-13)22-7-5-21(6-8-22)15-4-9-25(23,24)12-15/h2-3,10-11,15H,4-9,12H2,1H3. The number of aryl methyl sites for hydroxylation is 1. The third-order valence-corrected chi connectivity index (χ3v) is 7.01. The van der Waals surface area contributed by atoms with E-state index in [1.54, 1.807) is 12.1 Å². The van der Waals surface area contributed by atoms with Crippen LogP contribution < -0.4 is 4.90 Å². The number of nitrogens with zero attached hydrogens (tertiary/aromatic N) is 3. The molecule has 0 amide bonds. The van der Waals surface area contributed by atoms with E-state index in [0.29, 0.717) is 5.75 Å². The first kappa shape index (κ1) is 16.7. The number of piperazine rings is 1. The molecular weight excluding hydrogens is 341 g/mol. The Morgan fingerprint density at radius 3 is 2.60 bits per heavy atom. The zero-order chi connectivity index (χ0) is 17.6. The van der Waals surface area contributed by atoms with Gasteiger partial charge >= 0.3 is 0 Å². The summed E-state index contributed by atoms with van der Waals surface area (Å²) in [5, 5.41) is 0.836. The first-order chi connectivity index (χ1) is 11.9. The summed E-state index contributed by atoms with van der Waals surface area (Å²) in [7, 11) is -2.85. The van der Waals surface area contributed by atoms with Crippen LogP contribution in [0.5, 0.6) is 0 Å². The van der Waals surface area contributed by atoms with Crippen molar-refractivity contribution in [1.82, 2.24) is 9.88 Å². The monoisotopic (exact) mass is 363 g/mol. The molecule has 1 atom stereocenters. The van der Waals surface area contributed by atoms with E-state index < -0.39 is 9.84 Å². The number of halogens is 1. The lowest BCUT2D eigenvalue weighted by Crippen LogP contribution is -2.50. The zero-order valence-corrected chi connectivity index (χ0v) is 15.1. The minimum atomic E-state index is -2.85. The summed E-state index contributed by atoms with van der Waals surface area (Å²) in [5.74, 6) is 0.343. The van der Waals surface area contributed by atoms with Crippen LogP contribution in [0.3, 0.4) is 0 Å². The van der Waals surface area contributed by atoms with Gasteiger partial charge in [0.15, 0.2) is 9.84 Å². The Bertz CT molecular complexity index is 908. The Balaban J connectivity index is 1.55. The van der Waals surface area contributed by atoms with Gasteiger partial charge in [0.2, 0.25) is 0 Å². The summed E-state index contributed by atoms with van der Waals surface area (Å²) in [6.07, 6.45) is 0.741. The van der Waals surface area contributed by atoms with E-state index in [9.17, 15) is 12.8 Å². The van der Waals surface area contributed by atoms with Gasteiger partial charge in [-0.1, -0.05) is 0 Å². The summed E-state index contributed by atoms with van der Waals surface area (Å²) >= 11 is 0. The van der Waals surface area contributed by atoms with Crippen LogP contribution in [-0.2, 0) is 9.84 Å². The average Bonchev–Trinajstić information content (AvgIpc) is 2.95. The second-order valence-electron chi connectivity index (χ2n) is 7.02. The van der Waals surface area contributed by atoms with E-state index in [2.05, 4.69) is 14.8 Å². The Hall–Kier alpha value is -1.73. The number of anilines is 1. The SMILES string of the molecule is Cc1cc(N2CCN(C3CCS(=O)(=O)C3)CC2)c2cc(F)ccc2n1. The van der Waals surface area contributed by atoms with Gasteiger partial charge in [-0.25, -0.2) is 12.8 Å². The molecule has 2 aliphatic heterocycles. The fraction of sp³-hybridized carbons (Fsp3) is 0.500. The highest BCUT2D eigenvalue weighted by Crippen LogP contribution is 2.29. The lowest BCUT2D eigenvalue weighted by atomic mass is 10.1. The molecule has 2 saturated heterocycles. The van der Waals surface area contributed by atoms with E-state index in [1.165, 1.54) is 6.07 Å². The van der Waals surface area contributed by atoms with Crippen molar-refractivity contribution >= 4 is 26.4 Å². The van der Waals surface area contributed by atoms with Gasteiger partial charge in [0, 0.05) is 49.0 Å². The van der Waals surface area contributed by atoms with Crippen LogP contribution in [0.25, 0.3) is 10.9 Å². The Kier molecular flexibility index (Phi) is 4.16. The van der Waals surface area contributed by atoms with Gasteiger partial charge < -0.3 is 4.90 Å². The van der Waals surface area contributed by atoms with E-state index in [4.69, 9.17) is 0 Å². The van der Waals surface area contributed by atoms with Crippen molar-refractivity contribution in [2.24, 2.45) is 0 Å². The summed E-state index contributed by atoms with van der Waals surface area (Å²) < 4.78 is 37.1. The quantitative estimate of drug-likeness (QED) is 0.817. The lowest BCUT2D eigenvalue weighted by Gasteiger charge is -2.39. The molecule has 7 heteroatoms. The van der Waals surface area contributed by atoms with Crippen molar-refractivity contribution in [2.45, 2.75) is 19.4 Å². The molecule has 0 spiro atoms. The molecule has 1 aromatic heterocycles. The minimum Gasteiger partial charge on any atom is -0.368 e. The fourth-order valence-corrected chi connectivity index (χ4v) is 5.72. The molecule has 5 nitrogen and oxygen atoms in total. The van der Waals surface area contributed by atoms with Gasteiger partial charge in [-0.05, 0) is 37.6 Å². The summed E-state index contributed by atoms with van der Waals surface area (Å²) in [6.45, 7) is 5.24. The smallest absolute Gasteiger partial charge is 0.151 e. The highest BCUT2D eigenvalue weighted by Gasteiger charge is 2.33. The number of aromatic nitrogens is 1. The number of sulfone groups is 1. The van der Waals surface area contributed by atoms with Crippen molar-refractivity contribution in [1.29, 1.82) is 0 Å². The Labute approximate surface area is 147 Å². The Morgan fingerprint density at radius 2 is 1.92 bits per heavy atom. The van der Waals surface area contributed by atoms with Crippen molar-refractivity contribution < 1.29 is 12.8 Å². The molecule has 2 fully saturated rings. The highest BCUT2D eigenvalue weighted by molar-refractivity contribution is 7.91. The predicted molar refractivity (Wildman–Crippen MR) is 97.3 cm³/mol. The number of hydrogen-bond donors (Lipinski definition) is 0. The van der Waals surface area contributed by atoms with Crippen LogP contribution in [0.4, 0.5) is 10.1 Å². The number of pyridine rings is 1. The maximum absolute atomic E-state index is 13.7. The van der Waals surface area contributed by atoms with Gasteiger partial charge in [0.05, 0.1) is 17.0 Å². The molecule has 25 heavy (non-hydrogen) atoms. The second kappa shape index (κ2) is 6.21. The van der Waals surface area contributed by atoms with Gasteiger partial charge in [0.1, 0.15) is 5.82 Å². The van der Waals surface area contributed by atoms with Crippen molar-refractivity contribution in [3.8, 4) is 0 Å². The van der Waals surface area contributed by atoms with Crippen LogP contribution in [0.15, 0.2) is 24.3 Å². The molecule has 0 N–H and O–H groups in total. The Morgan fingerprint density at radius 1 is 1.16 bits per heavy atom. The van der Waals surface area contributed by atoms with E-state index in [0.717, 1.165) is 54.9 Å². The largest absolute Gasteiger partial charge is 0.368 e. The molecule has 0 radical (unpaired) electrons. The molecule has 0 aliphatic carbocycles. The molecule has 2 aliphatic rings. The van der Waals surface area contributed by atoms with Crippen LogP contribution in [0.2, 0.25) is 0 Å². The highest BCUT2D eigenvalue weighted by atomic mass is 32.2. The number of rotatable bonds is 2. The first-order valence-electron chi connectivity index (χ1n) is 8.68. The van der Waals surface area contributed by atoms with Gasteiger partial charge in [-0.2, -0.15) is 0 Å². The van der Waals surface area contributed by atoms with Crippen molar-refractivity contribution in [3.05, 3.63) is 35.8 Å². The maximum Gasteiger partial charge on any atom is 0.151 e. The molecule has 0 bridgehead atoms. The first-order valence-corrected chi connectivity index (χ1v) is 10.5. The average molecular weight is 363 g/mol. The van der Waals surface area contributed by atoms with Crippen LogP contribution >= 0.6 is 0 Å². The van der Waals surface area contributed by atoms with E-state index >= 15 is 0 Å². The molecule has 134 valence electrons. The van der Waals surface area contributed by atoms with Crippen molar-refractivity contribution in [3.63, 3.8) is 0 Å².